The number of nitrogens with one attached hydrogen (secondary N) is 1. The molecule has 416 valence electrons. The predicted molar refractivity (Wildman–Crippen MR) is 304 cm³/mol. The number of aliphatic hydroxyl groups excluding tert-OH is 5. The van der Waals surface area contributed by atoms with E-state index in [4.69, 9.17) is 9.47 Å². The Morgan fingerprint density at radius 3 is 1.33 bits per heavy atom. The second-order valence-corrected chi connectivity index (χ2v) is 20.4. The first-order valence-electron chi connectivity index (χ1n) is 29.8. The van der Waals surface area contributed by atoms with Gasteiger partial charge in [0.25, 0.3) is 0 Å². The maximum Gasteiger partial charge on any atom is 0.220 e. The molecule has 1 fully saturated rings. The van der Waals surface area contributed by atoms with Gasteiger partial charge in [-0.1, -0.05) is 247 Å². The first-order valence-corrected chi connectivity index (χ1v) is 29.8. The molecule has 9 nitrogen and oxygen atoms in total. The van der Waals surface area contributed by atoms with Gasteiger partial charge in [-0.15, -0.1) is 0 Å². The summed E-state index contributed by atoms with van der Waals surface area (Å²) < 4.78 is 11.3. The molecule has 7 atom stereocenters. The van der Waals surface area contributed by atoms with Gasteiger partial charge in [0.05, 0.1) is 25.4 Å². The van der Waals surface area contributed by atoms with E-state index in [1.54, 1.807) is 6.08 Å². The van der Waals surface area contributed by atoms with Crippen molar-refractivity contribution in [3.8, 4) is 0 Å². The van der Waals surface area contributed by atoms with Gasteiger partial charge in [0, 0.05) is 6.42 Å². The van der Waals surface area contributed by atoms with Crippen molar-refractivity contribution >= 4 is 5.91 Å². The molecule has 9 heteroatoms. The van der Waals surface area contributed by atoms with E-state index < -0.39 is 49.5 Å². The summed E-state index contributed by atoms with van der Waals surface area (Å²) in [7, 11) is 0. The van der Waals surface area contributed by atoms with Gasteiger partial charge in [0.1, 0.15) is 24.4 Å². The van der Waals surface area contributed by atoms with E-state index in [1.807, 2.05) is 6.08 Å². The number of unbranched alkanes of at least 4 members (excludes halogenated alkanes) is 28. The van der Waals surface area contributed by atoms with Crippen LogP contribution in [-0.2, 0) is 14.3 Å². The van der Waals surface area contributed by atoms with Crippen molar-refractivity contribution in [3.05, 3.63) is 85.1 Å². The number of hydrogen-bond donors (Lipinski definition) is 6. The van der Waals surface area contributed by atoms with Gasteiger partial charge in [0.2, 0.25) is 5.91 Å². The van der Waals surface area contributed by atoms with Crippen LogP contribution in [0.15, 0.2) is 85.1 Å². The number of carbonyl (C=O) groups excluding carboxylic acids is 1. The second-order valence-electron chi connectivity index (χ2n) is 20.4. The average molecular weight is 1010 g/mol. The third kappa shape index (κ3) is 40.7. The van der Waals surface area contributed by atoms with Crippen LogP contribution in [0.25, 0.3) is 0 Å². The van der Waals surface area contributed by atoms with Crippen LogP contribution in [0.5, 0.6) is 0 Å². The van der Waals surface area contributed by atoms with Gasteiger partial charge in [-0.3, -0.25) is 4.79 Å². The lowest BCUT2D eigenvalue weighted by Crippen LogP contribution is -2.60. The zero-order valence-electron chi connectivity index (χ0n) is 46.2. The molecule has 7 unspecified atom stereocenters. The molecule has 0 bridgehead atoms. The molecule has 72 heavy (non-hydrogen) atoms. The number of carbonyl (C=O) groups is 1. The van der Waals surface area contributed by atoms with Crippen molar-refractivity contribution in [2.24, 2.45) is 0 Å². The Morgan fingerprint density at radius 1 is 0.486 bits per heavy atom. The Kier molecular flexibility index (Phi) is 48.5. The van der Waals surface area contributed by atoms with Crippen LogP contribution in [0, 0.1) is 0 Å². The molecule has 0 spiro atoms. The van der Waals surface area contributed by atoms with E-state index in [0.717, 1.165) is 70.6 Å². The normalized spacial score (nSPS) is 19.8. The molecule has 1 rings (SSSR count). The zero-order valence-corrected chi connectivity index (χ0v) is 46.2. The fourth-order valence-corrected chi connectivity index (χ4v) is 9.00. The molecule has 1 saturated heterocycles. The quantitative estimate of drug-likeness (QED) is 0.0261. The molecular weight excluding hydrogens is 899 g/mol. The highest BCUT2D eigenvalue weighted by molar-refractivity contribution is 5.76. The van der Waals surface area contributed by atoms with Crippen molar-refractivity contribution in [2.45, 2.75) is 294 Å². The SMILES string of the molecule is CC/C=C\C/C=C\C/C=C\C/C=C\CCCCCCCCCCCCCCC(=O)NC(COC1OC(CO)C(O)C(O)C1O)C(O)/C=C/CC/C=C/CC/C=C/CCCCCCCCCCCCCCCC. The summed E-state index contributed by atoms with van der Waals surface area (Å²) in [4.78, 5) is 13.1. The molecule has 0 saturated carbocycles. The Bertz CT molecular complexity index is 1400. The number of allylic oxidation sites excluding steroid dienone is 13. The standard InChI is InChI=1S/C63H111NO8/c1-3-5-7-9-11-13-15-17-19-21-23-25-27-29-31-33-35-37-39-41-43-45-47-49-51-53-59(67)64-56(55-71-63-62(70)61(69)60(68)58(54-65)72-63)57(66)52-50-48-46-44-42-40-38-36-34-32-30-28-26-24-22-20-18-16-14-12-10-8-6-4-2/h5,7,11,13,17,19,23,25,34,36,42,44,50,52,56-58,60-63,65-66,68-70H,3-4,6,8-10,12,14-16,18,20-22,24,26-33,35,37-41,43,45-49,51,53-55H2,1-2H3,(H,64,67)/b7-5-,13-11-,19-17-,25-23-,36-34+,44-42+,52-50+. The zero-order chi connectivity index (χ0) is 52.2. The predicted octanol–water partition coefficient (Wildman–Crippen LogP) is 15.0. The Labute approximate surface area is 441 Å². The van der Waals surface area contributed by atoms with Crippen LogP contribution >= 0.6 is 0 Å². The van der Waals surface area contributed by atoms with Crippen LogP contribution in [0.1, 0.15) is 251 Å². The molecule has 1 aliphatic heterocycles. The van der Waals surface area contributed by atoms with Gasteiger partial charge in [-0.25, -0.2) is 0 Å². The van der Waals surface area contributed by atoms with Crippen LogP contribution in [0.4, 0.5) is 0 Å². The number of amides is 1. The van der Waals surface area contributed by atoms with E-state index in [-0.39, 0.29) is 12.5 Å². The Morgan fingerprint density at radius 2 is 0.875 bits per heavy atom. The van der Waals surface area contributed by atoms with Crippen LogP contribution < -0.4 is 5.32 Å². The van der Waals surface area contributed by atoms with E-state index >= 15 is 0 Å². The fraction of sp³-hybridized carbons (Fsp3) is 0.762. The molecule has 6 N–H and O–H groups in total. The highest BCUT2D eigenvalue weighted by Gasteiger charge is 2.44. The maximum atomic E-state index is 13.1. The fourth-order valence-electron chi connectivity index (χ4n) is 9.00. The maximum absolute atomic E-state index is 13.1. The average Bonchev–Trinajstić information content (AvgIpc) is 3.38. The number of hydrogen-bond acceptors (Lipinski definition) is 8. The van der Waals surface area contributed by atoms with Crippen molar-refractivity contribution in [1.82, 2.24) is 5.32 Å². The third-order valence-corrected chi connectivity index (χ3v) is 13.7. The van der Waals surface area contributed by atoms with E-state index in [0.29, 0.717) is 6.42 Å². The van der Waals surface area contributed by atoms with Crippen LogP contribution in [0.2, 0.25) is 0 Å². The summed E-state index contributed by atoms with van der Waals surface area (Å²) in [5.74, 6) is -0.195. The number of aliphatic hydroxyl groups is 5. The largest absolute Gasteiger partial charge is 0.394 e. The second kappa shape index (κ2) is 51.8. The number of ether oxygens (including phenoxy) is 2. The molecule has 0 aromatic heterocycles. The first-order chi connectivity index (χ1) is 35.3. The van der Waals surface area contributed by atoms with Crippen molar-refractivity contribution in [1.29, 1.82) is 0 Å². The molecule has 0 radical (unpaired) electrons. The smallest absolute Gasteiger partial charge is 0.220 e. The van der Waals surface area contributed by atoms with Gasteiger partial charge in [0.15, 0.2) is 6.29 Å². The Balaban J connectivity index is 2.26. The van der Waals surface area contributed by atoms with E-state index in [1.165, 1.54) is 161 Å². The van der Waals surface area contributed by atoms with Gasteiger partial charge < -0.3 is 40.3 Å². The first kappa shape index (κ1) is 67.4. The molecule has 0 aromatic carbocycles. The lowest BCUT2D eigenvalue weighted by atomic mass is 9.99. The summed E-state index contributed by atoms with van der Waals surface area (Å²) in [6.45, 7) is 3.66. The third-order valence-electron chi connectivity index (χ3n) is 13.7. The highest BCUT2D eigenvalue weighted by atomic mass is 16.7. The minimum Gasteiger partial charge on any atom is -0.394 e. The number of rotatable bonds is 50. The molecule has 0 aromatic rings. The van der Waals surface area contributed by atoms with Crippen molar-refractivity contribution < 1.29 is 39.8 Å². The lowest BCUT2D eigenvalue weighted by molar-refractivity contribution is -0.302. The Hall–Kier alpha value is -2.63. The van der Waals surface area contributed by atoms with Crippen LogP contribution in [-0.4, -0.2) is 87.5 Å². The van der Waals surface area contributed by atoms with Gasteiger partial charge in [-0.2, -0.15) is 0 Å². The van der Waals surface area contributed by atoms with E-state index in [2.05, 4.69) is 92.1 Å². The minimum absolute atomic E-state index is 0.195. The van der Waals surface area contributed by atoms with E-state index in [9.17, 15) is 30.3 Å². The van der Waals surface area contributed by atoms with Gasteiger partial charge >= 0.3 is 0 Å². The monoisotopic (exact) mass is 1010 g/mol. The molecule has 1 amide bonds. The molecular formula is C63H111NO8. The summed E-state index contributed by atoms with van der Waals surface area (Å²) >= 11 is 0. The summed E-state index contributed by atoms with van der Waals surface area (Å²) in [6, 6.07) is -0.835. The molecule has 0 aliphatic carbocycles. The summed E-state index contributed by atoms with van der Waals surface area (Å²) in [5, 5.41) is 54.5. The van der Waals surface area contributed by atoms with Gasteiger partial charge in [-0.05, 0) is 83.5 Å². The lowest BCUT2D eigenvalue weighted by Gasteiger charge is -2.40. The highest BCUT2D eigenvalue weighted by Crippen LogP contribution is 2.23. The molecule has 1 heterocycles. The molecule has 1 aliphatic rings. The van der Waals surface area contributed by atoms with Crippen molar-refractivity contribution in [2.75, 3.05) is 13.2 Å². The van der Waals surface area contributed by atoms with Crippen LogP contribution in [0.3, 0.4) is 0 Å². The minimum atomic E-state index is -1.58. The van der Waals surface area contributed by atoms with Crippen molar-refractivity contribution in [3.63, 3.8) is 0 Å². The summed E-state index contributed by atoms with van der Waals surface area (Å²) in [5.41, 5.74) is 0. The topological polar surface area (TPSA) is 149 Å². The summed E-state index contributed by atoms with van der Waals surface area (Å²) in [6.07, 6.45) is 66.5.